The molecule has 3 aromatic rings. The van der Waals surface area contributed by atoms with E-state index in [0.29, 0.717) is 23.9 Å². The average Bonchev–Trinajstić information content (AvgIpc) is 3.37. The number of rotatable bonds is 6. The van der Waals surface area contributed by atoms with Gasteiger partial charge in [0.2, 0.25) is 11.8 Å². The summed E-state index contributed by atoms with van der Waals surface area (Å²) in [5.41, 5.74) is 2.48. The van der Waals surface area contributed by atoms with Crippen molar-refractivity contribution in [2.45, 2.75) is 19.0 Å². The van der Waals surface area contributed by atoms with Gasteiger partial charge in [-0.3, -0.25) is 19.2 Å². The molecule has 1 atom stereocenters. The molecule has 0 radical (unpaired) electrons. The molecule has 0 saturated carbocycles. The predicted molar refractivity (Wildman–Crippen MR) is 115 cm³/mol. The predicted octanol–water partition coefficient (Wildman–Crippen LogP) is 2.21. The van der Waals surface area contributed by atoms with Crippen LogP contribution < -0.4 is 5.32 Å². The molecule has 2 aromatic heterocycles. The van der Waals surface area contributed by atoms with Crippen LogP contribution in [0.1, 0.15) is 22.7 Å². The third-order valence-corrected chi connectivity index (χ3v) is 5.82. The lowest BCUT2D eigenvalue weighted by Gasteiger charge is -2.32. The number of nitrogens with one attached hydrogen (secondary N) is 1. The molecule has 0 spiro atoms. The lowest BCUT2D eigenvalue weighted by molar-refractivity contribution is -0.134. The van der Waals surface area contributed by atoms with Gasteiger partial charge in [-0.25, -0.2) is 9.37 Å². The SMILES string of the molecule is CN(CC(=O)N1Cc2cn(C)nc2[C@H](C(=O)Nc2nccs2)C1)Cc1ccc(F)cc1. The fourth-order valence-corrected chi connectivity index (χ4v) is 4.24. The van der Waals surface area contributed by atoms with E-state index in [1.807, 2.05) is 18.1 Å². The first-order chi connectivity index (χ1) is 14.9. The fourth-order valence-electron chi connectivity index (χ4n) is 3.71. The quantitative estimate of drug-likeness (QED) is 0.633. The number of nitrogens with zero attached hydrogens (tertiary/aromatic N) is 5. The summed E-state index contributed by atoms with van der Waals surface area (Å²) in [5, 5.41) is 9.59. The number of thiazole rings is 1. The minimum atomic E-state index is -0.569. The van der Waals surface area contributed by atoms with Crippen molar-refractivity contribution < 1.29 is 14.0 Å². The molecule has 31 heavy (non-hydrogen) atoms. The summed E-state index contributed by atoms with van der Waals surface area (Å²) in [6, 6.07) is 6.23. The molecule has 3 heterocycles. The molecule has 0 unspecified atom stereocenters. The Morgan fingerprint density at radius 3 is 2.81 bits per heavy atom. The number of hydrogen-bond donors (Lipinski definition) is 1. The van der Waals surface area contributed by atoms with Crippen LogP contribution in [-0.2, 0) is 29.7 Å². The van der Waals surface area contributed by atoms with E-state index in [4.69, 9.17) is 0 Å². The summed E-state index contributed by atoms with van der Waals surface area (Å²) in [6.45, 7) is 1.37. The van der Waals surface area contributed by atoms with Crippen LogP contribution in [0.25, 0.3) is 0 Å². The van der Waals surface area contributed by atoms with Crippen molar-refractivity contribution in [1.82, 2.24) is 24.6 Å². The molecule has 1 aromatic carbocycles. The highest BCUT2D eigenvalue weighted by molar-refractivity contribution is 7.13. The summed E-state index contributed by atoms with van der Waals surface area (Å²) in [7, 11) is 3.64. The maximum atomic E-state index is 13.1. The second-order valence-electron chi connectivity index (χ2n) is 7.67. The Kier molecular flexibility index (Phi) is 6.10. The monoisotopic (exact) mass is 442 g/mol. The highest BCUT2D eigenvalue weighted by Crippen LogP contribution is 2.28. The second-order valence-corrected chi connectivity index (χ2v) is 8.56. The Bertz CT molecular complexity index is 1070. The molecule has 1 aliphatic rings. The highest BCUT2D eigenvalue weighted by Gasteiger charge is 2.35. The van der Waals surface area contributed by atoms with Gasteiger partial charge >= 0.3 is 0 Å². The van der Waals surface area contributed by atoms with Crippen LogP contribution in [0.3, 0.4) is 0 Å². The van der Waals surface area contributed by atoms with Crippen LogP contribution >= 0.6 is 11.3 Å². The number of halogens is 1. The van der Waals surface area contributed by atoms with Crippen molar-refractivity contribution in [3.63, 3.8) is 0 Å². The summed E-state index contributed by atoms with van der Waals surface area (Å²) >= 11 is 1.34. The zero-order valence-corrected chi connectivity index (χ0v) is 18.1. The molecule has 162 valence electrons. The Morgan fingerprint density at radius 2 is 2.10 bits per heavy atom. The van der Waals surface area contributed by atoms with Crippen LogP contribution in [0.5, 0.6) is 0 Å². The van der Waals surface area contributed by atoms with Crippen molar-refractivity contribution in [3.05, 3.63) is 64.7 Å². The highest BCUT2D eigenvalue weighted by atomic mass is 32.1. The van der Waals surface area contributed by atoms with Crippen LogP contribution in [0.2, 0.25) is 0 Å². The molecule has 1 N–H and O–H groups in total. The first-order valence-electron chi connectivity index (χ1n) is 9.82. The topological polar surface area (TPSA) is 83.4 Å². The molecule has 4 rings (SSSR count). The van der Waals surface area contributed by atoms with Crippen LogP contribution in [0.4, 0.5) is 9.52 Å². The van der Waals surface area contributed by atoms with Crippen molar-refractivity contribution in [1.29, 1.82) is 0 Å². The number of carbonyl (C=O) groups excluding carboxylic acids is 2. The van der Waals surface area contributed by atoms with Gasteiger partial charge in [-0.2, -0.15) is 5.10 Å². The number of aryl methyl sites for hydroxylation is 1. The minimum Gasteiger partial charge on any atom is -0.336 e. The van der Waals surface area contributed by atoms with Gasteiger partial charge in [0.05, 0.1) is 12.2 Å². The molecule has 10 heteroatoms. The Hall–Kier alpha value is -3.11. The van der Waals surface area contributed by atoms with Crippen molar-refractivity contribution >= 4 is 28.3 Å². The lowest BCUT2D eigenvalue weighted by Crippen LogP contribution is -2.45. The number of anilines is 1. The van der Waals surface area contributed by atoms with Crippen molar-refractivity contribution in [2.24, 2.45) is 7.05 Å². The molecule has 0 saturated heterocycles. The maximum absolute atomic E-state index is 13.1. The number of fused-ring (bicyclic) bond motifs is 1. The van der Waals surface area contributed by atoms with Gasteiger partial charge < -0.3 is 10.2 Å². The summed E-state index contributed by atoms with van der Waals surface area (Å²) < 4.78 is 14.8. The number of amides is 2. The minimum absolute atomic E-state index is 0.0776. The van der Waals surface area contributed by atoms with E-state index in [2.05, 4.69) is 15.4 Å². The Labute approximate surface area is 183 Å². The largest absolute Gasteiger partial charge is 0.336 e. The molecule has 0 bridgehead atoms. The first-order valence-corrected chi connectivity index (χ1v) is 10.7. The summed E-state index contributed by atoms with van der Waals surface area (Å²) in [4.78, 5) is 33.6. The molecular formula is C21H23FN6O2S. The number of benzene rings is 1. The zero-order valence-electron chi connectivity index (χ0n) is 17.3. The van der Waals surface area contributed by atoms with Gasteiger partial charge in [-0.1, -0.05) is 12.1 Å². The van der Waals surface area contributed by atoms with Gasteiger partial charge in [-0.05, 0) is 24.7 Å². The molecule has 0 aliphatic carbocycles. The van der Waals surface area contributed by atoms with Crippen LogP contribution in [0, 0.1) is 5.82 Å². The van der Waals surface area contributed by atoms with E-state index >= 15 is 0 Å². The Morgan fingerprint density at radius 1 is 1.32 bits per heavy atom. The standard InChI is InChI=1S/C21H23FN6O2S/c1-26(9-14-3-5-16(22)6-4-14)13-18(29)28-11-15-10-27(2)25-19(15)17(12-28)20(30)24-21-23-7-8-31-21/h3-8,10,17H,9,11-13H2,1-2H3,(H,23,24,30)/t17-/m1/s1. The second kappa shape index (κ2) is 8.94. The van der Waals surface area contributed by atoms with Gasteiger partial charge in [0.1, 0.15) is 11.7 Å². The molecular weight excluding hydrogens is 419 g/mol. The fraction of sp³-hybridized carbons (Fsp3) is 0.333. The van der Waals surface area contributed by atoms with E-state index in [9.17, 15) is 14.0 Å². The summed E-state index contributed by atoms with van der Waals surface area (Å²) in [6.07, 6.45) is 3.47. The summed E-state index contributed by atoms with van der Waals surface area (Å²) in [5.74, 6) is -1.16. The van der Waals surface area contributed by atoms with E-state index in [1.54, 1.807) is 40.3 Å². The normalized spacial score (nSPS) is 15.7. The van der Waals surface area contributed by atoms with E-state index in [0.717, 1.165) is 11.1 Å². The van der Waals surface area contributed by atoms with Crippen molar-refractivity contribution in [2.75, 3.05) is 25.5 Å². The Balaban J connectivity index is 1.45. The number of likely N-dealkylation sites (N-methyl/N-ethyl adjacent to an activating group) is 1. The number of aromatic nitrogens is 3. The third-order valence-electron chi connectivity index (χ3n) is 5.13. The number of hydrogen-bond acceptors (Lipinski definition) is 6. The third kappa shape index (κ3) is 4.97. The van der Waals surface area contributed by atoms with Gasteiger partial charge in [0.15, 0.2) is 5.13 Å². The molecule has 1 aliphatic heterocycles. The maximum Gasteiger partial charge on any atom is 0.237 e. The first kappa shape index (κ1) is 21.1. The van der Waals surface area contributed by atoms with Crippen molar-refractivity contribution in [3.8, 4) is 0 Å². The van der Waals surface area contributed by atoms with E-state index in [-0.39, 0.29) is 30.7 Å². The molecule has 0 fully saturated rings. The van der Waals surface area contributed by atoms with E-state index in [1.165, 1.54) is 23.5 Å². The van der Waals surface area contributed by atoms with Crippen LogP contribution in [-0.4, -0.2) is 56.5 Å². The van der Waals surface area contributed by atoms with Gasteiger partial charge in [0, 0.05) is 50.0 Å². The van der Waals surface area contributed by atoms with Gasteiger partial charge in [-0.15, -0.1) is 11.3 Å². The van der Waals surface area contributed by atoms with E-state index < -0.39 is 5.92 Å². The van der Waals surface area contributed by atoms with Crippen LogP contribution in [0.15, 0.2) is 42.0 Å². The van der Waals surface area contributed by atoms with Gasteiger partial charge in [0.25, 0.3) is 0 Å². The lowest BCUT2D eigenvalue weighted by atomic mass is 9.95. The number of carbonyl (C=O) groups is 2. The average molecular weight is 443 g/mol. The zero-order chi connectivity index (χ0) is 22.0. The molecule has 8 nitrogen and oxygen atoms in total. The smallest absolute Gasteiger partial charge is 0.237 e. The molecule has 2 amide bonds.